The number of rotatable bonds is 4. The first-order valence-electron chi connectivity index (χ1n) is 5.03. The van der Waals surface area contributed by atoms with Gasteiger partial charge in [-0.05, 0) is 24.3 Å². The summed E-state index contributed by atoms with van der Waals surface area (Å²) in [6.45, 7) is 0.389. The first-order chi connectivity index (χ1) is 8.15. The highest BCUT2D eigenvalue weighted by atomic mass is 32.1. The van der Waals surface area contributed by atoms with Gasteiger partial charge in [0.05, 0.1) is 6.20 Å². The second-order valence-electron chi connectivity index (χ2n) is 3.56. The number of hydrogen-bond acceptors (Lipinski definition) is 4. The summed E-state index contributed by atoms with van der Waals surface area (Å²) in [6, 6.07) is 7.30. The van der Waals surface area contributed by atoms with Gasteiger partial charge in [-0.2, -0.15) is 0 Å². The minimum absolute atomic E-state index is 0.380. The molecule has 0 amide bonds. The fraction of sp³-hybridized carbons (Fsp3) is 0.182. The van der Waals surface area contributed by atoms with Crippen molar-refractivity contribution in [3.05, 3.63) is 41.7 Å². The van der Waals surface area contributed by atoms with Crippen LogP contribution in [0.25, 0.3) is 0 Å². The summed E-state index contributed by atoms with van der Waals surface area (Å²) < 4.78 is 7.17. The summed E-state index contributed by atoms with van der Waals surface area (Å²) >= 11 is 4.87. The highest BCUT2D eigenvalue weighted by molar-refractivity contribution is 7.80. The number of ether oxygens (including phenoxy) is 1. The van der Waals surface area contributed by atoms with E-state index in [9.17, 15) is 0 Å². The molecule has 0 saturated heterocycles. The molecule has 0 aliphatic rings. The predicted molar refractivity (Wildman–Crippen MR) is 67.7 cm³/mol. The normalized spacial score (nSPS) is 10.2. The fourth-order valence-electron chi connectivity index (χ4n) is 1.33. The van der Waals surface area contributed by atoms with E-state index in [1.807, 2.05) is 37.5 Å². The van der Waals surface area contributed by atoms with Crippen LogP contribution in [-0.4, -0.2) is 20.0 Å². The molecule has 88 valence electrons. The third kappa shape index (κ3) is 3.01. The molecule has 0 unspecified atom stereocenters. The van der Waals surface area contributed by atoms with E-state index < -0.39 is 0 Å². The van der Waals surface area contributed by atoms with Gasteiger partial charge in [-0.3, -0.25) is 4.68 Å². The van der Waals surface area contributed by atoms with Crippen molar-refractivity contribution in [2.45, 2.75) is 6.61 Å². The zero-order valence-corrected chi connectivity index (χ0v) is 10.1. The number of aryl methyl sites for hydroxylation is 1. The highest BCUT2D eigenvalue weighted by Crippen LogP contribution is 2.13. The lowest BCUT2D eigenvalue weighted by atomic mass is 10.2. The third-order valence-electron chi connectivity index (χ3n) is 2.18. The van der Waals surface area contributed by atoms with E-state index in [1.165, 1.54) is 0 Å². The molecule has 0 bridgehead atoms. The Bertz CT molecular complexity index is 521. The van der Waals surface area contributed by atoms with Gasteiger partial charge in [0.2, 0.25) is 0 Å². The highest BCUT2D eigenvalue weighted by Gasteiger charge is 2.01. The molecule has 0 aliphatic heterocycles. The van der Waals surface area contributed by atoms with Gasteiger partial charge in [0.15, 0.2) is 0 Å². The van der Waals surface area contributed by atoms with Crippen molar-refractivity contribution in [2.24, 2.45) is 12.8 Å². The molecule has 6 heteroatoms. The number of hydrogen-bond donors (Lipinski definition) is 1. The van der Waals surface area contributed by atoms with Gasteiger partial charge in [-0.1, -0.05) is 17.4 Å². The third-order valence-corrected chi connectivity index (χ3v) is 2.41. The van der Waals surface area contributed by atoms with Gasteiger partial charge in [0.1, 0.15) is 23.0 Å². The summed E-state index contributed by atoms with van der Waals surface area (Å²) in [6.07, 6.45) is 1.81. The molecule has 5 nitrogen and oxygen atoms in total. The molecule has 1 aromatic heterocycles. The quantitative estimate of drug-likeness (QED) is 0.819. The first kappa shape index (κ1) is 11.5. The lowest BCUT2D eigenvalue weighted by molar-refractivity contribution is 0.301. The van der Waals surface area contributed by atoms with E-state index in [0.717, 1.165) is 17.0 Å². The Balaban J connectivity index is 1.97. The zero-order chi connectivity index (χ0) is 12.3. The average molecular weight is 248 g/mol. The molecule has 0 saturated carbocycles. The molecule has 17 heavy (non-hydrogen) atoms. The average Bonchev–Trinajstić information content (AvgIpc) is 2.73. The SMILES string of the molecule is Cn1cc(COc2ccc(C(N)=S)cc2)nn1. The van der Waals surface area contributed by atoms with Crippen molar-refractivity contribution < 1.29 is 4.74 Å². The Morgan fingerprint density at radius 1 is 1.41 bits per heavy atom. The Morgan fingerprint density at radius 3 is 2.65 bits per heavy atom. The molecule has 1 aromatic carbocycles. The largest absolute Gasteiger partial charge is 0.487 e. The Hall–Kier alpha value is -1.95. The maximum atomic E-state index is 5.54. The topological polar surface area (TPSA) is 66.0 Å². The van der Waals surface area contributed by atoms with Crippen LogP contribution in [0.2, 0.25) is 0 Å². The van der Waals surface area contributed by atoms with E-state index in [2.05, 4.69) is 10.3 Å². The van der Waals surface area contributed by atoms with Crippen LogP contribution in [0.15, 0.2) is 30.5 Å². The predicted octanol–water partition coefficient (Wildman–Crippen LogP) is 1.03. The molecule has 2 N–H and O–H groups in total. The van der Waals surface area contributed by atoms with Gasteiger partial charge in [-0.25, -0.2) is 0 Å². The number of nitrogens with zero attached hydrogens (tertiary/aromatic N) is 3. The smallest absolute Gasteiger partial charge is 0.134 e. The summed E-state index contributed by atoms with van der Waals surface area (Å²) in [5.74, 6) is 0.746. The molecule has 0 atom stereocenters. The molecular formula is C11H12N4OS. The molecular weight excluding hydrogens is 236 g/mol. The number of aromatic nitrogens is 3. The van der Waals surface area contributed by atoms with E-state index in [1.54, 1.807) is 4.68 Å². The second-order valence-corrected chi connectivity index (χ2v) is 4.00. The molecule has 0 aliphatic carbocycles. The van der Waals surface area contributed by atoms with Crippen LogP contribution in [-0.2, 0) is 13.7 Å². The van der Waals surface area contributed by atoms with Crippen molar-refractivity contribution in [3.8, 4) is 5.75 Å². The zero-order valence-electron chi connectivity index (χ0n) is 9.33. The van der Waals surface area contributed by atoms with Crippen LogP contribution in [0.4, 0.5) is 0 Å². The van der Waals surface area contributed by atoms with Crippen molar-refractivity contribution in [1.29, 1.82) is 0 Å². The van der Waals surface area contributed by atoms with Crippen LogP contribution < -0.4 is 10.5 Å². The van der Waals surface area contributed by atoms with Crippen LogP contribution in [0.3, 0.4) is 0 Å². The maximum Gasteiger partial charge on any atom is 0.134 e. The molecule has 2 aromatic rings. The Kier molecular flexibility index (Phi) is 3.34. The lowest BCUT2D eigenvalue weighted by Gasteiger charge is -2.04. The molecule has 2 rings (SSSR count). The van der Waals surface area contributed by atoms with E-state index in [-0.39, 0.29) is 0 Å². The van der Waals surface area contributed by atoms with E-state index in [0.29, 0.717) is 11.6 Å². The minimum Gasteiger partial charge on any atom is -0.487 e. The van der Waals surface area contributed by atoms with Crippen LogP contribution in [0, 0.1) is 0 Å². The Morgan fingerprint density at radius 2 is 2.12 bits per heavy atom. The van der Waals surface area contributed by atoms with Crippen LogP contribution in [0.5, 0.6) is 5.75 Å². The van der Waals surface area contributed by atoms with Gasteiger partial charge in [0, 0.05) is 12.6 Å². The molecule has 1 heterocycles. The van der Waals surface area contributed by atoms with E-state index >= 15 is 0 Å². The lowest BCUT2D eigenvalue weighted by Crippen LogP contribution is -2.08. The fourth-order valence-corrected chi connectivity index (χ4v) is 1.47. The van der Waals surface area contributed by atoms with Crippen molar-refractivity contribution in [3.63, 3.8) is 0 Å². The summed E-state index contributed by atoms with van der Waals surface area (Å²) in [4.78, 5) is 0.380. The summed E-state index contributed by atoms with van der Waals surface area (Å²) in [5, 5.41) is 7.74. The second kappa shape index (κ2) is 4.92. The minimum atomic E-state index is 0.380. The van der Waals surface area contributed by atoms with Gasteiger partial charge in [-0.15, -0.1) is 5.10 Å². The summed E-state index contributed by atoms with van der Waals surface area (Å²) in [7, 11) is 1.81. The standard InChI is InChI=1S/C11H12N4OS/c1-15-6-9(13-14-15)7-16-10-4-2-8(3-5-10)11(12)17/h2-6H,7H2,1H3,(H2,12,17). The van der Waals surface area contributed by atoms with E-state index in [4.69, 9.17) is 22.7 Å². The van der Waals surface area contributed by atoms with Gasteiger partial charge < -0.3 is 10.5 Å². The number of nitrogens with two attached hydrogens (primary N) is 1. The van der Waals surface area contributed by atoms with Crippen LogP contribution >= 0.6 is 12.2 Å². The van der Waals surface area contributed by atoms with Crippen molar-refractivity contribution >= 4 is 17.2 Å². The number of benzene rings is 1. The van der Waals surface area contributed by atoms with Crippen molar-refractivity contribution in [1.82, 2.24) is 15.0 Å². The van der Waals surface area contributed by atoms with Gasteiger partial charge >= 0.3 is 0 Å². The van der Waals surface area contributed by atoms with Crippen LogP contribution in [0.1, 0.15) is 11.3 Å². The Labute approximate surface area is 104 Å². The molecule has 0 spiro atoms. The summed E-state index contributed by atoms with van der Waals surface area (Å²) in [5.41, 5.74) is 7.11. The number of thiocarbonyl (C=S) groups is 1. The first-order valence-corrected chi connectivity index (χ1v) is 5.44. The van der Waals surface area contributed by atoms with Gasteiger partial charge in [0.25, 0.3) is 0 Å². The molecule has 0 radical (unpaired) electrons. The maximum absolute atomic E-state index is 5.54. The monoisotopic (exact) mass is 248 g/mol. The molecule has 0 fully saturated rings. The van der Waals surface area contributed by atoms with Crippen molar-refractivity contribution in [2.75, 3.05) is 0 Å².